The summed E-state index contributed by atoms with van der Waals surface area (Å²) in [7, 11) is 0. The molecular weight excluding hydrogens is 320 g/mol. The molecule has 0 spiro atoms. The number of aliphatic hydroxyl groups excluding tert-OH is 1. The molecule has 0 heterocycles. The molecule has 0 saturated carbocycles. The zero-order chi connectivity index (χ0) is 14.5. The summed E-state index contributed by atoms with van der Waals surface area (Å²) in [5, 5.41) is 9.53. The van der Waals surface area contributed by atoms with Gasteiger partial charge in [-0.25, -0.2) is 0 Å². The summed E-state index contributed by atoms with van der Waals surface area (Å²) in [5.74, 6) is 2.26. The Labute approximate surface area is 127 Å². The van der Waals surface area contributed by atoms with E-state index in [0.717, 1.165) is 21.5 Å². The second-order valence-corrected chi connectivity index (χ2v) is 5.23. The monoisotopic (exact) mass is 336 g/mol. The summed E-state index contributed by atoms with van der Waals surface area (Å²) in [6.45, 7) is 4.33. The summed E-state index contributed by atoms with van der Waals surface area (Å²) in [5.41, 5.74) is 0.843. The van der Waals surface area contributed by atoms with Crippen LogP contribution in [0.4, 0.5) is 0 Å². The first-order chi connectivity index (χ1) is 9.60. The van der Waals surface area contributed by atoms with Crippen molar-refractivity contribution in [2.75, 3.05) is 6.61 Å². The summed E-state index contributed by atoms with van der Waals surface area (Å²) < 4.78 is 12.0. The van der Waals surface area contributed by atoms with Crippen molar-refractivity contribution >= 4 is 15.9 Å². The third kappa shape index (κ3) is 3.74. The van der Waals surface area contributed by atoms with Crippen molar-refractivity contribution in [1.29, 1.82) is 0 Å². The van der Waals surface area contributed by atoms with Crippen molar-refractivity contribution in [2.24, 2.45) is 0 Å². The van der Waals surface area contributed by atoms with Crippen LogP contribution >= 0.6 is 15.9 Å². The van der Waals surface area contributed by atoms with Crippen LogP contribution in [0.5, 0.6) is 17.2 Å². The van der Waals surface area contributed by atoms with Gasteiger partial charge in [0.1, 0.15) is 17.2 Å². The van der Waals surface area contributed by atoms with Crippen LogP contribution in [-0.4, -0.2) is 11.7 Å². The van der Waals surface area contributed by atoms with E-state index in [2.05, 4.69) is 15.9 Å². The fraction of sp³-hybridized carbons (Fsp3) is 0.250. The van der Waals surface area contributed by atoms with E-state index in [4.69, 9.17) is 9.47 Å². The van der Waals surface area contributed by atoms with Gasteiger partial charge < -0.3 is 14.6 Å². The quantitative estimate of drug-likeness (QED) is 0.860. The Bertz CT molecular complexity index is 564. The molecule has 1 atom stereocenters. The Balaban J connectivity index is 2.13. The van der Waals surface area contributed by atoms with E-state index < -0.39 is 6.10 Å². The normalized spacial score (nSPS) is 12.0. The zero-order valence-corrected chi connectivity index (χ0v) is 13.1. The van der Waals surface area contributed by atoms with Gasteiger partial charge in [-0.1, -0.05) is 6.07 Å². The van der Waals surface area contributed by atoms with Crippen LogP contribution < -0.4 is 9.47 Å². The first-order valence-electron chi connectivity index (χ1n) is 6.48. The van der Waals surface area contributed by atoms with E-state index in [9.17, 15) is 5.11 Å². The van der Waals surface area contributed by atoms with Crippen molar-refractivity contribution in [3.05, 3.63) is 52.5 Å². The number of benzene rings is 2. The fourth-order valence-electron chi connectivity index (χ4n) is 1.76. The van der Waals surface area contributed by atoms with Gasteiger partial charge in [0.05, 0.1) is 17.2 Å². The van der Waals surface area contributed by atoms with Crippen LogP contribution in [0.1, 0.15) is 25.5 Å². The molecular formula is C16H17BrO3. The average molecular weight is 337 g/mol. The standard InChI is InChI=1S/C16H17BrO3/c1-3-19-13-5-7-14(8-6-13)20-16-9-4-12(11(2)18)10-15(16)17/h4-11,18H,3H2,1-2H3/t11-/m0/s1. The summed E-state index contributed by atoms with van der Waals surface area (Å²) in [4.78, 5) is 0. The molecule has 0 radical (unpaired) electrons. The molecule has 0 bridgehead atoms. The van der Waals surface area contributed by atoms with Gasteiger partial charge in [-0.3, -0.25) is 0 Å². The van der Waals surface area contributed by atoms with Gasteiger partial charge in [-0.05, 0) is 71.7 Å². The highest BCUT2D eigenvalue weighted by Crippen LogP contribution is 2.32. The molecule has 0 amide bonds. The van der Waals surface area contributed by atoms with Gasteiger partial charge in [0.15, 0.2) is 0 Å². The topological polar surface area (TPSA) is 38.7 Å². The zero-order valence-electron chi connectivity index (χ0n) is 11.5. The minimum Gasteiger partial charge on any atom is -0.494 e. The number of hydrogen-bond donors (Lipinski definition) is 1. The van der Waals surface area contributed by atoms with Crippen molar-refractivity contribution in [3.63, 3.8) is 0 Å². The Morgan fingerprint density at radius 1 is 1.10 bits per heavy atom. The third-order valence-corrected chi connectivity index (χ3v) is 3.42. The average Bonchev–Trinajstić information content (AvgIpc) is 2.43. The lowest BCUT2D eigenvalue weighted by Gasteiger charge is -2.11. The molecule has 0 aliphatic carbocycles. The lowest BCUT2D eigenvalue weighted by atomic mass is 10.1. The van der Waals surface area contributed by atoms with E-state index in [1.165, 1.54) is 0 Å². The minimum atomic E-state index is -0.495. The maximum Gasteiger partial charge on any atom is 0.141 e. The number of rotatable bonds is 5. The Kier molecular flexibility index (Phi) is 5.04. The second-order valence-electron chi connectivity index (χ2n) is 4.37. The maximum atomic E-state index is 9.53. The molecule has 0 aliphatic heterocycles. The van der Waals surface area contributed by atoms with E-state index in [0.29, 0.717) is 12.4 Å². The predicted octanol–water partition coefficient (Wildman–Crippen LogP) is 4.69. The molecule has 106 valence electrons. The summed E-state index contributed by atoms with van der Waals surface area (Å²) >= 11 is 3.45. The van der Waals surface area contributed by atoms with Crippen molar-refractivity contribution in [2.45, 2.75) is 20.0 Å². The molecule has 2 aromatic carbocycles. The predicted molar refractivity (Wildman–Crippen MR) is 82.5 cm³/mol. The highest BCUT2D eigenvalue weighted by atomic mass is 79.9. The number of ether oxygens (including phenoxy) is 2. The fourth-order valence-corrected chi connectivity index (χ4v) is 2.23. The van der Waals surface area contributed by atoms with E-state index >= 15 is 0 Å². The van der Waals surface area contributed by atoms with Gasteiger partial charge in [-0.15, -0.1) is 0 Å². The van der Waals surface area contributed by atoms with E-state index in [1.54, 1.807) is 6.92 Å². The van der Waals surface area contributed by atoms with Crippen LogP contribution in [0.25, 0.3) is 0 Å². The van der Waals surface area contributed by atoms with Crippen LogP contribution in [0, 0.1) is 0 Å². The maximum absolute atomic E-state index is 9.53. The van der Waals surface area contributed by atoms with Gasteiger partial charge in [0.25, 0.3) is 0 Å². The molecule has 0 unspecified atom stereocenters. The number of hydrogen-bond acceptors (Lipinski definition) is 3. The van der Waals surface area contributed by atoms with Gasteiger partial charge in [-0.2, -0.15) is 0 Å². The van der Waals surface area contributed by atoms with E-state index in [1.807, 2.05) is 49.4 Å². The lowest BCUT2D eigenvalue weighted by molar-refractivity contribution is 0.199. The molecule has 1 N–H and O–H groups in total. The van der Waals surface area contributed by atoms with Crippen LogP contribution in [0.2, 0.25) is 0 Å². The van der Waals surface area contributed by atoms with E-state index in [-0.39, 0.29) is 0 Å². The van der Waals surface area contributed by atoms with Crippen molar-refractivity contribution < 1.29 is 14.6 Å². The molecule has 0 aliphatic rings. The molecule has 20 heavy (non-hydrogen) atoms. The number of halogens is 1. The van der Waals surface area contributed by atoms with Crippen molar-refractivity contribution in [1.82, 2.24) is 0 Å². The summed E-state index contributed by atoms with van der Waals surface area (Å²) in [6, 6.07) is 13.0. The van der Waals surface area contributed by atoms with Crippen LogP contribution in [0.15, 0.2) is 46.9 Å². The van der Waals surface area contributed by atoms with Crippen LogP contribution in [0.3, 0.4) is 0 Å². The lowest BCUT2D eigenvalue weighted by Crippen LogP contribution is -1.93. The minimum absolute atomic E-state index is 0.495. The Hall–Kier alpha value is -1.52. The largest absolute Gasteiger partial charge is 0.494 e. The van der Waals surface area contributed by atoms with Crippen molar-refractivity contribution in [3.8, 4) is 17.2 Å². The summed E-state index contributed by atoms with van der Waals surface area (Å²) in [6.07, 6.45) is -0.495. The molecule has 2 aromatic rings. The highest BCUT2D eigenvalue weighted by molar-refractivity contribution is 9.10. The van der Waals surface area contributed by atoms with Gasteiger partial charge >= 0.3 is 0 Å². The third-order valence-electron chi connectivity index (χ3n) is 2.80. The second kappa shape index (κ2) is 6.77. The number of aliphatic hydroxyl groups is 1. The van der Waals surface area contributed by atoms with Gasteiger partial charge in [0, 0.05) is 0 Å². The Morgan fingerprint density at radius 2 is 1.75 bits per heavy atom. The molecule has 0 aromatic heterocycles. The van der Waals surface area contributed by atoms with Crippen LogP contribution in [-0.2, 0) is 0 Å². The first kappa shape index (κ1) is 14.9. The molecule has 0 saturated heterocycles. The van der Waals surface area contributed by atoms with Gasteiger partial charge in [0.2, 0.25) is 0 Å². The highest BCUT2D eigenvalue weighted by Gasteiger charge is 2.07. The molecule has 0 fully saturated rings. The Morgan fingerprint density at radius 3 is 2.30 bits per heavy atom. The first-order valence-corrected chi connectivity index (χ1v) is 7.27. The molecule has 4 heteroatoms. The SMILES string of the molecule is CCOc1ccc(Oc2ccc([C@H](C)O)cc2Br)cc1. The smallest absolute Gasteiger partial charge is 0.141 e. The molecule has 2 rings (SSSR count). The molecule has 3 nitrogen and oxygen atoms in total.